The third-order valence-corrected chi connectivity index (χ3v) is 6.02. The largest absolute Gasteiger partial charge is 0.460 e. The van der Waals surface area contributed by atoms with Crippen molar-refractivity contribution < 1.29 is 14.6 Å². The second kappa shape index (κ2) is 17.5. The molecule has 1 rings (SSSR count). The molecule has 0 radical (unpaired) electrons. The molecule has 0 bridgehead atoms. The minimum atomic E-state index is -0.242. The molecule has 0 unspecified atom stereocenters. The Bertz CT molecular complexity index is 343. The number of carbonyl (C=O) groups excluding carboxylic acids is 1. The number of esters is 1. The molecule has 2 atom stereocenters. The number of aliphatic hydroxyl groups is 1. The fraction of sp³-hybridized carbons (Fsp3) is 0.958. The molecule has 0 amide bonds. The number of hydrogen-bond acceptors (Lipinski definition) is 3. The van der Waals surface area contributed by atoms with Crippen LogP contribution < -0.4 is 0 Å². The number of ether oxygens (including phenoxy) is 1. The maximum absolute atomic E-state index is 11.6. The van der Waals surface area contributed by atoms with Crippen LogP contribution in [0.1, 0.15) is 129 Å². The molecule has 27 heavy (non-hydrogen) atoms. The van der Waals surface area contributed by atoms with Gasteiger partial charge in [-0.1, -0.05) is 116 Å². The molecule has 1 aliphatic rings. The number of rotatable bonds is 19. The lowest BCUT2D eigenvalue weighted by molar-refractivity contribution is -0.145. The SMILES string of the molecule is CCCCCCCCCCCCCCCCCCC[C@@H]1C[C@@H](CO)OC1=O. The second-order valence-corrected chi connectivity index (χ2v) is 8.62. The second-order valence-electron chi connectivity index (χ2n) is 8.62. The number of unbranched alkanes of at least 4 members (excludes halogenated alkanes) is 16. The van der Waals surface area contributed by atoms with E-state index in [1.165, 1.54) is 103 Å². The number of carbonyl (C=O) groups is 1. The van der Waals surface area contributed by atoms with Gasteiger partial charge in [-0.25, -0.2) is 0 Å². The standard InChI is InChI=1S/C24H46O3/c1-2-3-4-5-6-7-8-9-10-11-12-13-14-15-16-17-18-19-22-20-23(21-25)27-24(22)26/h22-23,25H,2-21H2,1H3/t22-,23+/m1/s1. The normalized spacial score (nSPS) is 19.6. The van der Waals surface area contributed by atoms with E-state index in [0.717, 1.165) is 12.8 Å². The average Bonchev–Trinajstić information content (AvgIpc) is 3.04. The Morgan fingerprint density at radius 2 is 1.15 bits per heavy atom. The molecule has 3 heteroatoms. The van der Waals surface area contributed by atoms with E-state index < -0.39 is 0 Å². The summed E-state index contributed by atoms with van der Waals surface area (Å²) < 4.78 is 5.12. The highest BCUT2D eigenvalue weighted by molar-refractivity contribution is 5.74. The first-order valence-electron chi connectivity index (χ1n) is 12.1. The van der Waals surface area contributed by atoms with Gasteiger partial charge in [0.25, 0.3) is 0 Å². The van der Waals surface area contributed by atoms with Gasteiger partial charge in [-0.3, -0.25) is 4.79 Å². The first kappa shape index (κ1) is 24.5. The molecule has 1 N–H and O–H groups in total. The van der Waals surface area contributed by atoms with Gasteiger partial charge in [-0.2, -0.15) is 0 Å². The fourth-order valence-corrected chi connectivity index (χ4v) is 4.19. The summed E-state index contributed by atoms with van der Waals surface area (Å²) in [6.45, 7) is 2.26. The van der Waals surface area contributed by atoms with Gasteiger partial charge in [-0.15, -0.1) is 0 Å². The molecule has 1 fully saturated rings. The molecule has 1 heterocycles. The Hall–Kier alpha value is -0.570. The van der Waals surface area contributed by atoms with Crippen LogP contribution in [-0.2, 0) is 9.53 Å². The van der Waals surface area contributed by atoms with Crippen molar-refractivity contribution in [3.8, 4) is 0 Å². The molecule has 0 aliphatic carbocycles. The average molecular weight is 383 g/mol. The van der Waals surface area contributed by atoms with Crippen LogP contribution in [0.2, 0.25) is 0 Å². The zero-order valence-corrected chi connectivity index (χ0v) is 18.1. The minimum absolute atomic E-state index is 0.0265. The van der Waals surface area contributed by atoms with Crippen LogP contribution in [0.5, 0.6) is 0 Å². The molecule has 0 spiro atoms. The summed E-state index contributed by atoms with van der Waals surface area (Å²) in [6, 6.07) is 0. The lowest BCUT2D eigenvalue weighted by Crippen LogP contribution is -2.10. The van der Waals surface area contributed by atoms with Crippen molar-refractivity contribution in [1.29, 1.82) is 0 Å². The summed E-state index contributed by atoms with van der Waals surface area (Å²) in [4.78, 5) is 11.6. The summed E-state index contributed by atoms with van der Waals surface area (Å²) >= 11 is 0. The van der Waals surface area contributed by atoms with Crippen molar-refractivity contribution in [2.45, 2.75) is 135 Å². The smallest absolute Gasteiger partial charge is 0.309 e. The monoisotopic (exact) mass is 382 g/mol. The number of cyclic esters (lactones) is 1. The molecule has 0 aromatic carbocycles. The Kier molecular flexibility index (Phi) is 15.9. The van der Waals surface area contributed by atoms with Crippen molar-refractivity contribution in [2.75, 3.05) is 6.61 Å². The van der Waals surface area contributed by atoms with Gasteiger partial charge < -0.3 is 9.84 Å². The van der Waals surface area contributed by atoms with Gasteiger partial charge in [0.2, 0.25) is 0 Å². The van der Waals surface area contributed by atoms with Crippen LogP contribution in [-0.4, -0.2) is 23.8 Å². The first-order valence-corrected chi connectivity index (χ1v) is 12.1. The van der Waals surface area contributed by atoms with E-state index in [-0.39, 0.29) is 24.6 Å². The molecule has 1 saturated heterocycles. The molecule has 1 aliphatic heterocycles. The van der Waals surface area contributed by atoms with E-state index in [4.69, 9.17) is 9.84 Å². The van der Waals surface area contributed by atoms with E-state index in [2.05, 4.69) is 6.92 Å². The van der Waals surface area contributed by atoms with E-state index >= 15 is 0 Å². The van der Waals surface area contributed by atoms with E-state index in [0.29, 0.717) is 6.42 Å². The van der Waals surface area contributed by atoms with Gasteiger partial charge in [0.05, 0.1) is 12.5 Å². The molecule has 3 nitrogen and oxygen atoms in total. The quantitative estimate of drug-likeness (QED) is 0.194. The highest BCUT2D eigenvalue weighted by atomic mass is 16.6. The molecule has 0 saturated carbocycles. The Morgan fingerprint density at radius 3 is 1.52 bits per heavy atom. The minimum Gasteiger partial charge on any atom is -0.460 e. The highest BCUT2D eigenvalue weighted by Gasteiger charge is 2.33. The van der Waals surface area contributed by atoms with Gasteiger partial charge in [-0.05, 0) is 12.8 Å². The lowest BCUT2D eigenvalue weighted by Gasteiger charge is -2.05. The van der Waals surface area contributed by atoms with E-state index in [9.17, 15) is 4.79 Å². The first-order chi connectivity index (χ1) is 13.3. The van der Waals surface area contributed by atoms with Crippen LogP contribution in [0.3, 0.4) is 0 Å². The lowest BCUT2D eigenvalue weighted by atomic mass is 9.97. The van der Waals surface area contributed by atoms with Crippen molar-refractivity contribution >= 4 is 5.97 Å². The van der Waals surface area contributed by atoms with Crippen molar-refractivity contribution in [1.82, 2.24) is 0 Å². The van der Waals surface area contributed by atoms with Gasteiger partial charge in [0.1, 0.15) is 6.10 Å². The summed E-state index contributed by atoms with van der Waals surface area (Å²) in [7, 11) is 0. The van der Waals surface area contributed by atoms with E-state index in [1.807, 2.05) is 0 Å². The Morgan fingerprint density at radius 1 is 0.741 bits per heavy atom. The van der Waals surface area contributed by atoms with Crippen LogP contribution in [0.15, 0.2) is 0 Å². The zero-order chi connectivity index (χ0) is 19.6. The molecule has 0 aromatic rings. The van der Waals surface area contributed by atoms with Crippen LogP contribution >= 0.6 is 0 Å². The zero-order valence-electron chi connectivity index (χ0n) is 18.1. The number of aliphatic hydroxyl groups excluding tert-OH is 1. The molecule has 0 aromatic heterocycles. The Labute approximate surface area is 168 Å². The van der Waals surface area contributed by atoms with Crippen molar-refractivity contribution in [3.63, 3.8) is 0 Å². The van der Waals surface area contributed by atoms with Gasteiger partial charge in [0.15, 0.2) is 0 Å². The maximum atomic E-state index is 11.6. The summed E-state index contributed by atoms with van der Waals surface area (Å²) in [6.07, 6.45) is 24.9. The maximum Gasteiger partial charge on any atom is 0.309 e. The van der Waals surface area contributed by atoms with Gasteiger partial charge >= 0.3 is 5.97 Å². The van der Waals surface area contributed by atoms with Crippen LogP contribution in [0, 0.1) is 5.92 Å². The Balaban J connectivity index is 1.73. The van der Waals surface area contributed by atoms with Crippen molar-refractivity contribution in [2.24, 2.45) is 5.92 Å². The topological polar surface area (TPSA) is 46.5 Å². The third kappa shape index (κ3) is 13.3. The number of hydrogen-bond donors (Lipinski definition) is 1. The molecular formula is C24H46O3. The summed E-state index contributed by atoms with van der Waals surface area (Å²) in [5.41, 5.74) is 0. The predicted octanol–water partition coefficient (Wildman–Crippen LogP) is 6.95. The fourth-order valence-electron chi connectivity index (χ4n) is 4.19. The van der Waals surface area contributed by atoms with Crippen LogP contribution in [0.4, 0.5) is 0 Å². The predicted molar refractivity (Wildman–Crippen MR) is 114 cm³/mol. The third-order valence-electron chi connectivity index (χ3n) is 6.02. The van der Waals surface area contributed by atoms with E-state index in [1.54, 1.807) is 0 Å². The van der Waals surface area contributed by atoms with Gasteiger partial charge in [0, 0.05) is 0 Å². The summed E-state index contributed by atoms with van der Waals surface area (Å²) in [5, 5.41) is 9.04. The highest BCUT2D eigenvalue weighted by Crippen LogP contribution is 2.26. The molecular weight excluding hydrogens is 336 g/mol. The summed E-state index contributed by atoms with van der Waals surface area (Å²) in [5.74, 6) is -0.0518. The van der Waals surface area contributed by atoms with Crippen molar-refractivity contribution in [3.05, 3.63) is 0 Å². The van der Waals surface area contributed by atoms with Crippen LogP contribution in [0.25, 0.3) is 0 Å². The molecule has 160 valence electrons.